The van der Waals surface area contributed by atoms with Gasteiger partial charge in [0.15, 0.2) is 6.54 Å². The largest absolute Gasteiger partial charge is 0.326 e. The third kappa shape index (κ3) is 5.31. The number of hydrogen-bond donors (Lipinski definition) is 2. The maximum absolute atomic E-state index is 12.2. The van der Waals surface area contributed by atoms with E-state index in [1.165, 1.54) is 18.2 Å². The van der Waals surface area contributed by atoms with Crippen LogP contribution in [0.15, 0.2) is 36.4 Å². The number of nitrogens with zero attached hydrogens (tertiary/aromatic N) is 1. The zero-order valence-electron chi connectivity index (χ0n) is 13.2. The molecule has 0 aromatic heterocycles. The molecular formula is C16H15Cl3N3O3+. The molecule has 9 heteroatoms. The molecule has 2 aromatic carbocycles. The van der Waals surface area contributed by atoms with E-state index in [2.05, 4.69) is 5.32 Å². The van der Waals surface area contributed by atoms with Crippen LogP contribution < -0.4 is 10.2 Å². The first-order chi connectivity index (χ1) is 11.8. The van der Waals surface area contributed by atoms with Crippen LogP contribution in [0, 0.1) is 10.1 Å². The molecule has 2 N–H and O–H groups in total. The Balaban J connectivity index is 2.03. The fourth-order valence-electron chi connectivity index (χ4n) is 2.30. The molecule has 0 aliphatic carbocycles. The molecular weight excluding hydrogens is 389 g/mol. The van der Waals surface area contributed by atoms with Crippen molar-refractivity contribution in [2.75, 3.05) is 18.9 Å². The molecule has 1 unspecified atom stereocenters. The highest BCUT2D eigenvalue weighted by Gasteiger charge is 2.19. The van der Waals surface area contributed by atoms with Gasteiger partial charge in [-0.1, -0.05) is 46.9 Å². The summed E-state index contributed by atoms with van der Waals surface area (Å²) in [6, 6.07) is 9.39. The van der Waals surface area contributed by atoms with E-state index in [1.54, 1.807) is 12.1 Å². The Morgan fingerprint density at radius 3 is 2.64 bits per heavy atom. The van der Waals surface area contributed by atoms with Crippen LogP contribution in [0.2, 0.25) is 15.1 Å². The number of nitro groups is 1. The van der Waals surface area contributed by atoms with E-state index in [4.69, 9.17) is 34.8 Å². The van der Waals surface area contributed by atoms with Gasteiger partial charge in [-0.15, -0.1) is 0 Å². The van der Waals surface area contributed by atoms with E-state index >= 15 is 0 Å². The number of nitro benzene ring substituents is 1. The van der Waals surface area contributed by atoms with Gasteiger partial charge >= 0.3 is 0 Å². The molecule has 1 atom stereocenters. The minimum atomic E-state index is -0.593. The van der Waals surface area contributed by atoms with Gasteiger partial charge in [0.25, 0.3) is 11.6 Å². The first-order valence-corrected chi connectivity index (χ1v) is 8.39. The highest BCUT2D eigenvalue weighted by atomic mass is 35.5. The molecule has 0 saturated carbocycles. The second kappa shape index (κ2) is 8.49. The molecule has 0 heterocycles. The minimum Gasteiger partial charge on any atom is -0.326 e. The van der Waals surface area contributed by atoms with E-state index in [0.29, 0.717) is 16.6 Å². The van der Waals surface area contributed by atoms with Gasteiger partial charge in [-0.2, -0.15) is 0 Å². The lowest BCUT2D eigenvalue weighted by Crippen LogP contribution is -3.08. The van der Waals surface area contributed by atoms with Crippen LogP contribution in [0.1, 0.15) is 5.56 Å². The Kier molecular flexibility index (Phi) is 6.61. The number of hydrogen-bond acceptors (Lipinski definition) is 3. The lowest BCUT2D eigenvalue weighted by Gasteiger charge is -2.15. The number of likely N-dealkylation sites (N-methyl/N-ethyl adjacent to an activating group) is 1. The summed E-state index contributed by atoms with van der Waals surface area (Å²) in [5.41, 5.74) is 0.668. The molecule has 6 nitrogen and oxygen atoms in total. The molecule has 0 aliphatic heterocycles. The number of quaternary nitrogens is 1. The van der Waals surface area contributed by atoms with Gasteiger partial charge in [0.05, 0.1) is 22.0 Å². The molecule has 132 valence electrons. The molecule has 0 radical (unpaired) electrons. The Bertz CT molecular complexity index is 814. The molecule has 25 heavy (non-hydrogen) atoms. The maximum atomic E-state index is 12.2. The second-order valence-electron chi connectivity index (χ2n) is 5.49. The van der Waals surface area contributed by atoms with E-state index in [-0.39, 0.29) is 28.8 Å². The normalized spacial score (nSPS) is 11.8. The summed E-state index contributed by atoms with van der Waals surface area (Å²) in [5, 5.41) is 14.7. The summed E-state index contributed by atoms with van der Waals surface area (Å²) in [7, 11) is 1.81. The van der Waals surface area contributed by atoms with Crippen LogP contribution >= 0.6 is 34.8 Å². The average molecular weight is 404 g/mol. The summed E-state index contributed by atoms with van der Waals surface area (Å²) >= 11 is 17.9. The number of nitrogens with one attached hydrogen (secondary N) is 2. The number of amides is 1. The van der Waals surface area contributed by atoms with E-state index in [9.17, 15) is 14.9 Å². The van der Waals surface area contributed by atoms with E-state index in [0.717, 1.165) is 10.5 Å². The molecule has 2 aromatic rings. The van der Waals surface area contributed by atoms with Gasteiger partial charge in [-0.05, 0) is 18.2 Å². The standard InChI is InChI=1S/C16H14Cl3N3O3/c1-21(8-10-3-2-4-12(18)16(10)19)9-15(23)20-13-6-5-11(17)7-14(13)22(24)25/h2-7H,8-9H2,1H3,(H,20,23)/p+1. The third-order valence-electron chi connectivity index (χ3n) is 3.42. The maximum Gasteiger partial charge on any atom is 0.294 e. The van der Waals surface area contributed by atoms with Gasteiger partial charge in [0, 0.05) is 16.7 Å². The van der Waals surface area contributed by atoms with E-state index in [1.807, 2.05) is 13.1 Å². The molecule has 0 spiro atoms. The van der Waals surface area contributed by atoms with Gasteiger partial charge < -0.3 is 10.2 Å². The second-order valence-corrected chi connectivity index (χ2v) is 6.71. The first-order valence-electron chi connectivity index (χ1n) is 7.26. The fourth-order valence-corrected chi connectivity index (χ4v) is 2.86. The third-order valence-corrected chi connectivity index (χ3v) is 4.51. The molecule has 0 saturated heterocycles. The van der Waals surface area contributed by atoms with Crippen molar-refractivity contribution < 1.29 is 14.6 Å². The summed E-state index contributed by atoms with van der Waals surface area (Å²) in [6.45, 7) is 0.581. The smallest absolute Gasteiger partial charge is 0.294 e. The summed E-state index contributed by atoms with van der Waals surface area (Å²) in [5.74, 6) is -0.360. The van der Waals surface area contributed by atoms with Crippen molar-refractivity contribution in [2.24, 2.45) is 0 Å². The predicted octanol–water partition coefficient (Wildman–Crippen LogP) is 3.21. The van der Waals surface area contributed by atoms with Crippen LogP contribution in [0.3, 0.4) is 0 Å². The fraction of sp³-hybridized carbons (Fsp3) is 0.188. The lowest BCUT2D eigenvalue weighted by molar-refractivity contribution is -0.885. The van der Waals surface area contributed by atoms with Crippen molar-refractivity contribution in [3.8, 4) is 0 Å². The van der Waals surface area contributed by atoms with Gasteiger partial charge in [-0.3, -0.25) is 14.9 Å². The monoisotopic (exact) mass is 402 g/mol. The highest BCUT2D eigenvalue weighted by molar-refractivity contribution is 6.42. The quantitative estimate of drug-likeness (QED) is 0.574. The van der Waals surface area contributed by atoms with Crippen molar-refractivity contribution in [1.29, 1.82) is 0 Å². The summed E-state index contributed by atoms with van der Waals surface area (Å²) in [6.07, 6.45) is 0. The Hall–Kier alpha value is -1.86. The SMILES string of the molecule is C[NH+](CC(=O)Nc1ccc(Cl)cc1[N+](=O)[O-])Cc1cccc(Cl)c1Cl. The van der Waals surface area contributed by atoms with Gasteiger partial charge in [0.2, 0.25) is 0 Å². The van der Waals surface area contributed by atoms with Gasteiger partial charge in [-0.25, -0.2) is 0 Å². The van der Waals surface area contributed by atoms with Crippen LogP contribution in [0.4, 0.5) is 11.4 Å². The summed E-state index contributed by atoms with van der Waals surface area (Å²) in [4.78, 5) is 23.5. The number of rotatable bonds is 6. The van der Waals surface area contributed by atoms with Crippen molar-refractivity contribution in [3.63, 3.8) is 0 Å². The van der Waals surface area contributed by atoms with Crippen molar-refractivity contribution in [2.45, 2.75) is 6.54 Å². The predicted molar refractivity (Wildman–Crippen MR) is 98.7 cm³/mol. The molecule has 0 fully saturated rings. The molecule has 1 amide bonds. The molecule has 0 bridgehead atoms. The van der Waals surface area contributed by atoms with Crippen molar-refractivity contribution in [3.05, 3.63) is 67.1 Å². The van der Waals surface area contributed by atoms with Gasteiger partial charge in [0.1, 0.15) is 12.2 Å². The summed E-state index contributed by atoms with van der Waals surface area (Å²) < 4.78 is 0. The Morgan fingerprint density at radius 2 is 1.96 bits per heavy atom. The number of benzene rings is 2. The van der Waals surface area contributed by atoms with Crippen LogP contribution in [0.5, 0.6) is 0 Å². The lowest BCUT2D eigenvalue weighted by atomic mass is 10.2. The topological polar surface area (TPSA) is 76.7 Å². The number of halogens is 3. The number of carbonyl (C=O) groups excluding carboxylic acids is 1. The highest BCUT2D eigenvalue weighted by Crippen LogP contribution is 2.27. The van der Waals surface area contributed by atoms with Crippen molar-refractivity contribution >= 4 is 52.1 Å². The van der Waals surface area contributed by atoms with E-state index < -0.39 is 4.92 Å². The Morgan fingerprint density at radius 1 is 1.24 bits per heavy atom. The van der Waals surface area contributed by atoms with Crippen LogP contribution in [-0.2, 0) is 11.3 Å². The zero-order valence-corrected chi connectivity index (χ0v) is 15.5. The zero-order chi connectivity index (χ0) is 18.6. The van der Waals surface area contributed by atoms with Crippen LogP contribution in [-0.4, -0.2) is 24.4 Å². The first kappa shape index (κ1) is 19.5. The molecule has 2 rings (SSSR count). The van der Waals surface area contributed by atoms with Crippen molar-refractivity contribution in [1.82, 2.24) is 0 Å². The molecule has 0 aliphatic rings. The number of anilines is 1. The Labute approximate surface area is 159 Å². The average Bonchev–Trinajstić information content (AvgIpc) is 2.53. The van der Waals surface area contributed by atoms with Crippen LogP contribution in [0.25, 0.3) is 0 Å². The number of carbonyl (C=O) groups is 1. The minimum absolute atomic E-state index is 0.0998.